The number of ether oxygens (including phenoxy) is 2. The zero-order chi connectivity index (χ0) is 31.8. The van der Waals surface area contributed by atoms with Crippen LogP contribution in [0, 0.1) is 0 Å². The Bertz CT molecular complexity index is 681. The molecule has 0 aromatic heterocycles. The number of carbonyl (C=O) groups is 3. The van der Waals surface area contributed by atoms with E-state index in [2.05, 4.69) is 31.7 Å². The summed E-state index contributed by atoms with van der Waals surface area (Å²) in [4.78, 5) is 38.1. The van der Waals surface area contributed by atoms with E-state index in [1.54, 1.807) is 0 Å². The average molecular weight is 610 g/mol. The van der Waals surface area contributed by atoms with E-state index in [0.29, 0.717) is 58.3 Å². The predicted octanol–water partition coefficient (Wildman–Crippen LogP) is 9.42. The lowest BCUT2D eigenvalue weighted by atomic mass is 10.0. The van der Waals surface area contributed by atoms with Crippen LogP contribution in [-0.2, 0) is 23.9 Å². The van der Waals surface area contributed by atoms with Gasteiger partial charge in [0, 0.05) is 19.3 Å². The number of hydrogen-bond donors (Lipinski definition) is 1. The molecule has 0 aliphatic heterocycles. The van der Waals surface area contributed by atoms with Crippen molar-refractivity contribution >= 4 is 17.9 Å². The molecule has 0 aliphatic rings. The zero-order valence-electron chi connectivity index (χ0n) is 28.3. The fraction of sp³-hybridized carbons (Fsp3) is 0.861. The number of rotatable bonds is 32. The molecule has 0 aromatic rings. The van der Waals surface area contributed by atoms with Gasteiger partial charge in [0.25, 0.3) is 0 Å². The SMILES string of the molecule is CCCCCC/C=C\COC(=O)CCCN(CCCC(=O)O)CCCC(=O)OC(CCCCCCC)CCCCCCC. The van der Waals surface area contributed by atoms with Gasteiger partial charge >= 0.3 is 17.9 Å². The Labute approximate surface area is 264 Å². The molecule has 0 rings (SSSR count). The van der Waals surface area contributed by atoms with Crippen molar-refractivity contribution in [2.75, 3.05) is 26.2 Å². The van der Waals surface area contributed by atoms with Gasteiger partial charge in [0.15, 0.2) is 0 Å². The predicted molar refractivity (Wildman–Crippen MR) is 177 cm³/mol. The van der Waals surface area contributed by atoms with Crippen molar-refractivity contribution in [3.63, 3.8) is 0 Å². The van der Waals surface area contributed by atoms with E-state index < -0.39 is 5.97 Å². The van der Waals surface area contributed by atoms with Gasteiger partial charge in [-0.05, 0) is 77.4 Å². The summed E-state index contributed by atoms with van der Waals surface area (Å²) in [6.45, 7) is 8.95. The van der Waals surface area contributed by atoms with Gasteiger partial charge in [-0.15, -0.1) is 0 Å². The van der Waals surface area contributed by atoms with Gasteiger partial charge < -0.3 is 19.5 Å². The van der Waals surface area contributed by atoms with Crippen LogP contribution in [0.25, 0.3) is 0 Å². The van der Waals surface area contributed by atoms with Crippen molar-refractivity contribution in [2.45, 2.75) is 175 Å². The molecule has 0 atom stereocenters. The zero-order valence-corrected chi connectivity index (χ0v) is 28.3. The minimum atomic E-state index is -0.805. The number of carboxylic acid groups (broad SMARTS) is 1. The monoisotopic (exact) mass is 609 g/mol. The molecule has 0 fully saturated rings. The summed E-state index contributed by atoms with van der Waals surface area (Å²) >= 11 is 0. The van der Waals surface area contributed by atoms with Gasteiger partial charge in [-0.2, -0.15) is 0 Å². The molecule has 7 nitrogen and oxygen atoms in total. The highest BCUT2D eigenvalue weighted by atomic mass is 16.5. The van der Waals surface area contributed by atoms with Crippen LogP contribution in [-0.4, -0.2) is 60.3 Å². The summed E-state index contributed by atoms with van der Waals surface area (Å²) < 4.78 is 11.3. The summed E-state index contributed by atoms with van der Waals surface area (Å²) in [5.74, 6) is -1.14. The minimum Gasteiger partial charge on any atom is -0.481 e. The van der Waals surface area contributed by atoms with Gasteiger partial charge in [-0.3, -0.25) is 14.4 Å². The van der Waals surface area contributed by atoms with Crippen molar-refractivity contribution < 1.29 is 29.0 Å². The first-order valence-electron chi connectivity index (χ1n) is 17.9. The van der Waals surface area contributed by atoms with Gasteiger partial charge in [0.05, 0.1) is 0 Å². The molecule has 0 spiro atoms. The van der Waals surface area contributed by atoms with Crippen LogP contribution in [0.3, 0.4) is 0 Å². The maximum atomic E-state index is 12.7. The topological polar surface area (TPSA) is 93.1 Å². The van der Waals surface area contributed by atoms with E-state index in [9.17, 15) is 14.4 Å². The number of carbonyl (C=O) groups excluding carboxylic acids is 2. The van der Waals surface area contributed by atoms with Crippen LogP contribution in [0.1, 0.15) is 168 Å². The number of aliphatic carboxylic acids is 1. The summed E-state index contributed by atoms with van der Waals surface area (Å²) in [6.07, 6.45) is 26.6. The fourth-order valence-electron chi connectivity index (χ4n) is 5.23. The molecule has 0 aromatic carbocycles. The third kappa shape index (κ3) is 29.9. The Hall–Kier alpha value is -1.89. The number of unbranched alkanes of at least 4 members (excludes halogenated alkanes) is 12. The van der Waals surface area contributed by atoms with Crippen LogP contribution < -0.4 is 0 Å². The molecular formula is C36H67NO6. The van der Waals surface area contributed by atoms with Crippen LogP contribution in [0.15, 0.2) is 12.2 Å². The molecule has 0 saturated carbocycles. The molecule has 0 unspecified atom stereocenters. The number of esters is 2. The Morgan fingerprint density at radius 3 is 1.63 bits per heavy atom. The van der Waals surface area contributed by atoms with Gasteiger partial charge in [0.2, 0.25) is 0 Å². The molecule has 0 saturated heterocycles. The molecule has 0 amide bonds. The van der Waals surface area contributed by atoms with Crippen LogP contribution in [0.4, 0.5) is 0 Å². The summed E-state index contributed by atoms with van der Waals surface area (Å²) in [6, 6.07) is 0. The quantitative estimate of drug-likeness (QED) is 0.0461. The minimum absolute atomic E-state index is 0.0179. The largest absolute Gasteiger partial charge is 0.481 e. The lowest BCUT2D eigenvalue weighted by Gasteiger charge is -2.22. The highest BCUT2D eigenvalue weighted by Gasteiger charge is 2.15. The Morgan fingerprint density at radius 2 is 1.09 bits per heavy atom. The van der Waals surface area contributed by atoms with Gasteiger partial charge in [-0.25, -0.2) is 0 Å². The standard InChI is InChI=1S/C36H67NO6/c1-4-7-10-13-14-17-20-32-42-35(40)27-22-30-37(29-21-26-34(38)39)31-23-28-36(41)43-33(24-18-15-11-8-5-2)25-19-16-12-9-6-3/h17,20,33H,4-16,18-19,21-32H2,1-3H3,(H,38,39)/b20-17-. The van der Waals surface area contributed by atoms with Crippen molar-refractivity contribution in [1.29, 1.82) is 0 Å². The van der Waals surface area contributed by atoms with E-state index in [0.717, 1.165) is 32.1 Å². The number of allylic oxidation sites excluding steroid dienone is 1. The molecule has 43 heavy (non-hydrogen) atoms. The first-order valence-corrected chi connectivity index (χ1v) is 17.9. The maximum Gasteiger partial charge on any atom is 0.306 e. The van der Waals surface area contributed by atoms with E-state index in [1.165, 1.54) is 77.0 Å². The summed E-state index contributed by atoms with van der Waals surface area (Å²) in [5, 5.41) is 9.04. The van der Waals surface area contributed by atoms with Crippen LogP contribution in [0.5, 0.6) is 0 Å². The molecule has 0 radical (unpaired) electrons. The third-order valence-electron chi connectivity index (χ3n) is 7.86. The lowest BCUT2D eigenvalue weighted by molar-refractivity contribution is -0.150. The second-order valence-corrected chi connectivity index (χ2v) is 12.1. The van der Waals surface area contributed by atoms with Gasteiger partial charge in [-0.1, -0.05) is 104 Å². The first kappa shape index (κ1) is 41.1. The molecule has 7 heteroatoms. The highest BCUT2D eigenvalue weighted by Crippen LogP contribution is 2.17. The van der Waals surface area contributed by atoms with E-state index in [1.807, 2.05) is 6.08 Å². The van der Waals surface area contributed by atoms with Crippen molar-refractivity contribution in [3.05, 3.63) is 12.2 Å². The molecular weight excluding hydrogens is 542 g/mol. The smallest absolute Gasteiger partial charge is 0.306 e. The average Bonchev–Trinajstić information content (AvgIpc) is 2.97. The fourth-order valence-corrected chi connectivity index (χ4v) is 5.23. The molecule has 1 N–H and O–H groups in total. The molecule has 252 valence electrons. The Balaban J connectivity index is 4.51. The molecule has 0 heterocycles. The second-order valence-electron chi connectivity index (χ2n) is 12.1. The van der Waals surface area contributed by atoms with Crippen molar-refractivity contribution in [2.24, 2.45) is 0 Å². The van der Waals surface area contributed by atoms with Crippen molar-refractivity contribution in [3.8, 4) is 0 Å². The van der Waals surface area contributed by atoms with Crippen molar-refractivity contribution in [1.82, 2.24) is 4.90 Å². The Morgan fingerprint density at radius 1 is 0.605 bits per heavy atom. The first-order chi connectivity index (χ1) is 20.9. The number of nitrogens with zero attached hydrogens (tertiary/aromatic N) is 1. The number of hydrogen-bond acceptors (Lipinski definition) is 6. The van der Waals surface area contributed by atoms with Crippen LogP contribution in [0.2, 0.25) is 0 Å². The normalized spacial score (nSPS) is 11.6. The lowest BCUT2D eigenvalue weighted by Crippen LogP contribution is -2.29. The van der Waals surface area contributed by atoms with E-state index in [-0.39, 0.29) is 24.5 Å². The molecule has 0 bridgehead atoms. The molecule has 0 aliphatic carbocycles. The highest BCUT2D eigenvalue weighted by molar-refractivity contribution is 5.69. The number of carboxylic acids is 1. The summed E-state index contributed by atoms with van der Waals surface area (Å²) in [7, 11) is 0. The summed E-state index contributed by atoms with van der Waals surface area (Å²) in [5.41, 5.74) is 0. The van der Waals surface area contributed by atoms with Crippen LogP contribution >= 0.6 is 0 Å². The van der Waals surface area contributed by atoms with Gasteiger partial charge in [0.1, 0.15) is 12.7 Å². The van der Waals surface area contributed by atoms with E-state index >= 15 is 0 Å². The second kappa shape index (κ2) is 31.5. The Kier molecular flexibility index (Phi) is 30.1. The third-order valence-corrected chi connectivity index (χ3v) is 7.86. The maximum absolute atomic E-state index is 12.7. The van der Waals surface area contributed by atoms with E-state index in [4.69, 9.17) is 14.6 Å².